The molecular formula is C24H25N5O4. The standard InChI is InChI=1S/C24H25N5O4/c1-15-13-28(9-10-31-15)18-3-2-4-20-17(18)11-21(33-20)19-12-25-22-6-8-24(27-29(19)22)32-14-16-5-7-23(30)26-16/h2-4,6,8,11-12,15-16H,5,7,9-10,13-14H2,1H3,(H,26,30)/t15-,16+/m1/s1. The molecule has 1 aromatic carbocycles. The zero-order valence-corrected chi connectivity index (χ0v) is 18.4. The second-order valence-corrected chi connectivity index (χ2v) is 8.63. The van der Waals surface area contributed by atoms with E-state index in [9.17, 15) is 4.79 Å². The Bertz CT molecular complexity index is 1330. The lowest BCUT2D eigenvalue weighted by molar-refractivity contribution is -0.119. The fourth-order valence-corrected chi connectivity index (χ4v) is 4.57. The van der Waals surface area contributed by atoms with E-state index < -0.39 is 0 Å². The third-order valence-electron chi connectivity index (χ3n) is 6.23. The largest absolute Gasteiger partial charge is 0.474 e. The van der Waals surface area contributed by atoms with Crippen LogP contribution in [0, 0.1) is 0 Å². The van der Waals surface area contributed by atoms with Gasteiger partial charge in [-0.25, -0.2) is 9.50 Å². The maximum Gasteiger partial charge on any atom is 0.231 e. The summed E-state index contributed by atoms with van der Waals surface area (Å²) in [4.78, 5) is 18.2. The maximum absolute atomic E-state index is 11.4. The lowest BCUT2D eigenvalue weighted by atomic mass is 10.1. The van der Waals surface area contributed by atoms with E-state index in [-0.39, 0.29) is 18.1 Å². The molecule has 2 fully saturated rings. The van der Waals surface area contributed by atoms with Gasteiger partial charge in [-0.05, 0) is 37.6 Å². The van der Waals surface area contributed by atoms with Crippen LogP contribution in [0.5, 0.6) is 5.88 Å². The van der Waals surface area contributed by atoms with Crippen LogP contribution in [0.4, 0.5) is 5.69 Å². The molecule has 1 amide bonds. The fourth-order valence-electron chi connectivity index (χ4n) is 4.57. The average molecular weight is 447 g/mol. The summed E-state index contributed by atoms with van der Waals surface area (Å²) in [5.74, 6) is 1.24. The molecule has 2 atom stereocenters. The molecule has 9 heteroatoms. The molecule has 1 N–H and O–H groups in total. The fraction of sp³-hybridized carbons (Fsp3) is 0.375. The molecule has 2 saturated heterocycles. The minimum atomic E-state index is 0.0222. The van der Waals surface area contributed by atoms with Crippen molar-refractivity contribution in [1.82, 2.24) is 19.9 Å². The van der Waals surface area contributed by atoms with E-state index in [0.717, 1.165) is 41.9 Å². The van der Waals surface area contributed by atoms with Crippen molar-refractivity contribution in [3.63, 3.8) is 0 Å². The molecule has 0 aliphatic carbocycles. The summed E-state index contributed by atoms with van der Waals surface area (Å²) in [5.41, 5.74) is 3.42. The van der Waals surface area contributed by atoms with Gasteiger partial charge in [-0.2, -0.15) is 0 Å². The van der Waals surface area contributed by atoms with Crippen LogP contribution < -0.4 is 15.0 Å². The van der Waals surface area contributed by atoms with Gasteiger partial charge in [-0.1, -0.05) is 6.07 Å². The normalized spacial score (nSPS) is 21.1. The van der Waals surface area contributed by atoms with Gasteiger partial charge in [0.1, 0.15) is 17.9 Å². The highest BCUT2D eigenvalue weighted by Gasteiger charge is 2.23. The minimum Gasteiger partial charge on any atom is -0.474 e. The molecule has 33 heavy (non-hydrogen) atoms. The first-order valence-electron chi connectivity index (χ1n) is 11.3. The highest BCUT2D eigenvalue weighted by atomic mass is 16.5. The number of morpholine rings is 1. The molecule has 6 rings (SSSR count). The zero-order chi connectivity index (χ0) is 22.4. The number of anilines is 1. The molecule has 0 radical (unpaired) electrons. The molecule has 4 aromatic rings. The number of fused-ring (bicyclic) bond motifs is 2. The summed E-state index contributed by atoms with van der Waals surface area (Å²) in [5, 5.41) is 8.58. The Morgan fingerprint density at radius 3 is 3.06 bits per heavy atom. The highest BCUT2D eigenvalue weighted by Crippen LogP contribution is 2.35. The smallest absolute Gasteiger partial charge is 0.231 e. The van der Waals surface area contributed by atoms with Crippen LogP contribution in [0.15, 0.2) is 47.0 Å². The van der Waals surface area contributed by atoms with Crippen LogP contribution in [-0.2, 0) is 9.53 Å². The summed E-state index contributed by atoms with van der Waals surface area (Å²) >= 11 is 0. The number of nitrogens with one attached hydrogen (secondary N) is 1. The second-order valence-electron chi connectivity index (χ2n) is 8.63. The van der Waals surface area contributed by atoms with Gasteiger partial charge in [-0.3, -0.25) is 4.79 Å². The Morgan fingerprint density at radius 1 is 1.27 bits per heavy atom. The summed E-state index contributed by atoms with van der Waals surface area (Å²) in [6, 6.07) is 11.9. The van der Waals surface area contributed by atoms with Crippen LogP contribution >= 0.6 is 0 Å². The topological polar surface area (TPSA) is 94.1 Å². The molecular weight excluding hydrogens is 422 g/mol. The number of benzene rings is 1. The first-order valence-corrected chi connectivity index (χ1v) is 11.3. The first-order chi connectivity index (χ1) is 16.1. The van der Waals surface area contributed by atoms with Crippen LogP contribution in [0.25, 0.3) is 28.1 Å². The van der Waals surface area contributed by atoms with Crippen LogP contribution in [0.1, 0.15) is 19.8 Å². The summed E-state index contributed by atoms with van der Waals surface area (Å²) in [6.45, 7) is 4.90. The van der Waals surface area contributed by atoms with Gasteiger partial charge in [-0.15, -0.1) is 5.10 Å². The van der Waals surface area contributed by atoms with Crippen molar-refractivity contribution >= 4 is 28.2 Å². The molecule has 3 aromatic heterocycles. The number of aromatic nitrogens is 3. The summed E-state index contributed by atoms with van der Waals surface area (Å²) in [7, 11) is 0. The summed E-state index contributed by atoms with van der Waals surface area (Å²) in [6.07, 6.45) is 3.28. The van der Waals surface area contributed by atoms with Gasteiger partial charge in [0.25, 0.3) is 0 Å². The number of rotatable bonds is 5. The van der Waals surface area contributed by atoms with Crippen LogP contribution in [-0.4, -0.2) is 59.0 Å². The van der Waals surface area contributed by atoms with Crippen molar-refractivity contribution in [3.05, 3.63) is 42.6 Å². The molecule has 0 saturated carbocycles. The van der Waals surface area contributed by atoms with Gasteiger partial charge in [0.2, 0.25) is 11.8 Å². The molecule has 170 valence electrons. The highest BCUT2D eigenvalue weighted by molar-refractivity contribution is 5.94. The van der Waals surface area contributed by atoms with Gasteiger partial charge in [0, 0.05) is 36.7 Å². The lowest BCUT2D eigenvalue weighted by Crippen LogP contribution is -2.41. The van der Waals surface area contributed by atoms with E-state index in [1.807, 2.05) is 18.2 Å². The first kappa shape index (κ1) is 20.0. The number of hydrogen-bond donors (Lipinski definition) is 1. The third-order valence-corrected chi connectivity index (χ3v) is 6.23. The predicted molar refractivity (Wildman–Crippen MR) is 122 cm³/mol. The van der Waals surface area contributed by atoms with E-state index in [4.69, 9.17) is 13.9 Å². The number of carbonyl (C=O) groups is 1. The monoisotopic (exact) mass is 447 g/mol. The Hall–Kier alpha value is -3.59. The lowest BCUT2D eigenvalue weighted by Gasteiger charge is -2.33. The second kappa shape index (κ2) is 8.08. The Kier molecular flexibility index (Phi) is 4.91. The Labute approximate surface area is 190 Å². The number of carbonyl (C=O) groups excluding carboxylic acids is 1. The third kappa shape index (κ3) is 3.78. The molecule has 0 bridgehead atoms. The molecule has 2 aliphatic rings. The maximum atomic E-state index is 11.4. The van der Waals surface area contributed by atoms with E-state index >= 15 is 0 Å². The predicted octanol–water partition coefficient (Wildman–Crippen LogP) is 3.03. The van der Waals surface area contributed by atoms with E-state index in [0.29, 0.717) is 36.9 Å². The molecule has 0 spiro atoms. The van der Waals surface area contributed by atoms with E-state index in [2.05, 4.69) is 39.4 Å². The van der Waals surface area contributed by atoms with Gasteiger partial charge >= 0.3 is 0 Å². The molecule has 0 unspecified atom stereocenters. The van der Waals surface area contributed by atoms with Gasteiger partial charge in [0.15, 0.2) is 11.4 Å². The van der Waals surface area contributed by atoms with Gasteiger partial charge < -0.3 is 24.1 Å². The van der Waals surface area contributed by atoms with Crippen LogP contribution in [0.2, 0.25) is 0 Å². The van der Waals surface area contributed by atoms with Crippen LogP contribution in [0.3, 0.4) is 0 Å². The van der Waals surface area contributed by atoms with Crippen molar-refractivity contribution in [2.24, 2.45) is 0 Å². The van der Waals surface area contributed by atoms with Crippen molar-refractivity contribution in [2.75, 3.05) is 31.2 Å². The number of ether oxygens (including phenoxy) is 2. The zero-order valence-electron chi connectivity index (χ0n) is 18.4. The SMILES string of the molecule is C[C@@H]1CN(c2cccc3oc(-c4cnc5ccc(OC[C@@H]6CCC(=O)N6)nn45)cc23)CCO1. The molecule has 5 heterocycles. The Balaban J connectivity index is 1.31. The molecule has 9 nitrogen and oxygen atoms in total. The number of imidazole rings is 1. The quantitative estimate of drug-likeness (QED) is 0.503. The van der Waals surface area contributed by atoms with Crippen molar-refractivity contribution in [1.29, 1.82) is 0 Å². The van der Waals surface area contributed by atoms with E-state index in [1.165, 1.54) is 0 Å². The average Bonchev–Trinajstić information content (AvgIpc) is 3.54. The number of nitrogens with zero attached hydrogens (tertiary/aromatic N) is 4. The van der Waals surface area contributed by atoms with Crippen molar-refractivity contribution in [2.45, 2.75) is 31.9 Å². The van der Waals surface area contributed by atoms with E-state index in [1.54, 1.807) is 16.8 Å². The number of amides is 1. The number of hydrogen-bond acceptors (Lipinski definition) is 7. The number of furan rings is 1. The Morgan fingerprint density at radius 2 is 2.21 bits per heavy atom. The molecule has 2 aliphatic heterocycles. The van der Waals surface area contributed by atoms with Gasteiger partial charge in [0.05, 0.1) is 24.9 Å². The minimum absolute atomic E-state index is 0.0222. The van der Waals surface area contributed by atoms with Crippen molar-refractivity contribution in [3.8, 4) is 17.3 Å². The summed E-state index contributed by atoms with van der Waals surface area (Å²) < 4.78 is 19.5. The van der Waals surface area contributed by atoms with Crippen molar-refractivity contribution < 1.29 is 18.7 Å².